The van der Waals surface area contributed by atoms with Gasteiger partial charge in [-0.1, -0.05) is 32.2 Å². The molecule has 0 saturated carbocycles. The fourth-order valence-corrected chi connectivity index (χ4v) is 15.6. The van der Waals surface area contributed by atoms with Gasteiger partial charge in [-0.15, -0.1) is 22.7 Å². The molecule has 0 spiro atoms. The summed E-state index contributed by atoms with van der Waals surface area (Å²) in [6.45, 7) is 20.2. The number of rotatable bonds is 10. The van der Waals surface area contributed by atoms with Crippen molar-refractivity contribution < 1.29 is 14.2 Å². The Morgan fingerprint density at radius 2 is 1.30 bits per heavy atom. The molecule has 4 aliphatic rings. The average molecular weight is 980 g/mol. The highest BCUT2D eigenvalue weighted by Gasteiger charge is 2.38. The number of likely N-dealkylation sites (tertiary alicyclic amines) is 4. The number of nitrogens with one attached hydrogen (secondary N) is 2. The van der Waals surface area contributed by atoms with E-state index in [-0.39, 0.29) is 17.9 Å². The molecule has 2 amide bonds. The Morgan fingerprint density at radius 3 is 1.89 bits per heavy atom. The maximum absolute atomic E-state index is 14.4. The summed E-state index contributed by atoms with van der Waals surface area (Å²) in [7, 11) is 2.12. The zero-order valence-electron chi connectivity index (χ0n) is 41.8. The van der Waals surface area contributed by atoms with Gasteiger partial charge in [-0.05, 0) is 137 Å². The van der Waals surface area contributed by atoms with Gasteiger partial charge in [-0.3, -0.25) is 14.5 Å². The molecule has 2 atom stereocenters. The van der Waals surface area contributed by atoms with Gasteiger partial charge in [0, 0.05) is 77.0 Å². The largest absolute Gasteiger partial charge is 0.354 e. The molecule has 0 bridgehead atoms. The number of H-pyrrole nitrogens is 2. The van der Waals surface area contributed by atoms with E-state index in [9.17, 15) is 9.59 Å². The van der Waals surface area contributed by atoms with Crippen molar-refractivity contribution in [1.29, 1.82) is 0 Å². The molecule has 16 heteroatoms. The predicted octanol–water partition coefficient (Wildman–Crippen LogP) is 9.43. The Bertz CT molecular complexity index is 3280. The molecule has 366 valence electrons. The molecule has 0 radical (unpaired) electrons. The first-order valence-electron chi connectivity index (χ1n) is 25.9. The predicted molar refractivity (Wildman–Crippen MR) is 279 cm³/mol. The summed E-state index contributed by atoms with van der Waals surface area (Å²) in [4.78, 5) is 51.5. The maximum Gasteiger partial charge on any atom is 0.269 e. The molecule has 12 rings (SSSR count). The van der Waals surface area contributed by atoms with Crippen LogP contribution in [0.25, 0.3) is 54.2 Å². The van der Waals surface area contributed by atoms with Crippen molar-refractivity contribution in [3.05, 3.63) is 81.3 Å². The van der Waals surface area contributed by atoms with Crippen molar-refractivity contribution in [2.75, 3.05) is 52.9 Å². The number of aromatic amines is 2. The standard InChI is InChI=1S/C54H67N12O2S2/c1-31(2)45-47(38-21-33(5)51-55-28-56-65(51)26-38)58-40-23-44(70-49(40)45)36-13-19-62(20-14-36)54(68)42-9-8-15-63(42)30-64-29-57-66-27-39(22-34(6)52(64)66)48-46(32(3)4)50-41(59-48)24-43(69-50)35-11-17-61(18-12-35)53(67)37-10-16-60(7)25-37/h21-24,26-29,31-32,35-37,42,58-59H,8-20,25,30H2,1-7H3/q+1. The van der Waals surface area contributed by atoms with Crippen LogP contribution in [-0.2, 0) is 16.3 Å². The molecular weight excluding hydrogens is 913 g/mol. The number of pyridine rings is 2. The van der Waals surface area contributed by atoms with Crippen LogP contribution in [-0.4, -0.2) is 124 Å². The fraction of sp³-hybridized carbons (Fsp3) is 0.519. The van der Waals surface area contributed by atoms with Gasteiger partial charge in [0.05, 0.1) is 43.8 Å². The number of hydrogen-bond acceptors (Lipinski definition) is 9. The van der Waals surface area contributed by atoms with Crippen LogP contribution in [0.3, 0.4) is 0 Å². The van der Waals surface area contributed by atoms with E-state index in [1.807, 2.05) is 38.0 Å². The molecule has 2 N–H and O–H groups in total. The zero-order chi connectivity index (χ0) is 48.1. The van der Waals surface area contributed by atoms with Crippen LogP contribution in [0.15, 0.2) is 49.3 Å². The SMILES string of the molecule is Cc1cc(-c2[nH]c3cc(C4CCN(C(=O)C5CCCN5C[n+]5cnn6cc(-c7[nH]c8cc(C9CCN(C(=O)C%10CCN(C)C%10)CC9)sc8c7C(C)C)cc(C)c65)CC4)sc3c2C(C)C)cn2ncnc12. The summed E-state index contributed by atoms with van der Waals surface area (Å²) in [5.74, 6) is 2.43. The van der Waals surface area contributed by atoms with Gasteiger partial charge in [0.25, 0.3) is 12.0 Å². The van der Waals surface area contributed by atoms with Crippen molar-refractivity contribution in [1.82, 2.24) is 53.8 Å². The molecular formula is C54H67N12O2S2+. The van der Waals surface area contributed by atoms with Gasteiger partial charge in [0.2, 0.25) is 11.8 Å². The number of thiophene rings is 2. The Morgan fingerprint density at radius 1 is 0.714 bits per heavy atom. The summed E-state index contributed by atoms with van der Waals surface area (Å²) >= 11 is 3.88. The fourth-order valence-electron chi connectivity index (χ4n) is 12.6. The van der Waals surface area contributed by atoms with E-state index in [2.05, 4.69) is 129 Å². The highest BCUT2D eigenvalue weighted by Crippen LogP contribution is 2.46. The second-order valence-electron chi connectivity index (χ2n) is 21.7. The van der Waals surface area contributed by atoms with Crippen LogP contribution in [0.5, 0.6) is 0 Å². The van der Waals surface area contributed by atoms with E-state index >= 15 is 0 Å². The number of carbonyl (C=O) groups excluding carboxylic acids is 2. The molecule has 70 heavy (non-hydrogen) atoms. The Labute approximate surface area is 417 Å². The van der Waals surface area contributed by atoms with Crippen molar-refractivity contribution in [2.45, 2.75) is 123 Å². The lowest BCUT2D eigenvalue weighted by atomic mass is 9.94. The van der Waals surface area contributed by atoms with Crippen LogP contribution in [0.4, 0.5) is 0 Å². The van der Waals surface area contributed by atoms with E-state index in [0.717, 1.165) is 124 Å². The quantitative estimate of drug-likeness (QED) is 0.131. The van der Waals surface area contributed by atoms with Crippen LogP contribution >= 0.6 is 22.7 Å². The first-order chi connectivity index (χ1) is 33.9. The Kier molecular flexibility index (Phi) is 11.8. The minimum absolute atomic E-state index is 0.120. The van der Waals surface area contributed by atoms with E-state index in [1.165, 1.54) is 52.7 Å². The van der Waals surface area contributed by atoms with Gasteiger partial charge in [-0.25, -0.2) is 14.1 Å². The number of hydrogen-bond donors (Lipinski definition) is 2. The maximum atomic E-state index is 14.4. The Hall–Kier alpha value is -5.42. The number of aryl methyl sites for hydroxylation is 2. The number of piperidine rings is 2. The molecule has 4 saturated heterocycles. The molecule has 2 unspecified atom stereocenters. The third-order valence-electron chi connectivity index (χ3n) is 16.3. The van der Waals surface area contributed by atoms with Crippen molar-refractivity contribution >= 4 is 66.2 Å². The minimum Gasteiger partial charge on any atom is -0.354 e. The number of nitrogens with zero attached hydrogens (tertiary/aromatic N) is 10. The van der Waals surface area contributed by atoms with Gasteiger partial charge in [0.15, 0.2) is 5.65 Å². The van der Waals surface area contributed by atoms with E-state index in [4.69, 9.17) is 5.10 Å². The van der Waals surface area contributed by atoms with Gasteiger partial charge in [0.1, 0.15) is 19.2 Å². The summed E-state index contributed by atoms with van der Waals surface area (Å²) in [5, 5.41) is 9.34. The smallest absolute Gasteiger partial charge is 0.269 e. The average Bonchev–Trinajstić information content (AvgIpc) is 4.20. The van der Waals surface area contributed by atoms with Crippen LogP contribution in [0, 0.1) is 19.8 Å². The normalized spacial score (nSPS) is 20.4. The van der Waals surface area contributed by atoms with Crippen molar-refractivity contribution in [3.63, 3.8) is 0 Å². The molecule has 4 fully saturated rings. The number of amides is 2. The third kappa shape index (κ3) is 7.97. The van der Waals surface area contributed by atoms with Gasteiger partial charge in [-0.2, -0.15) is 5.10 Å². The first kappa shape index (κ1) is 45.7. The van der Waals surface area contributed by atoms with E-state index in [0.29, 0.717) is 36.2 Å². The summed E-state index contributed by atoms with van der Waals surface area (Å²) in [6.07, 6.45) is 14.7. The van der Waals surface area contributed by atoms with E-state index in [1.54, 1.807) is 6.33 Å². The number of carbonyl (C=O) groups is 2. The Balaban J connectivity index is 0.706. The monoisotopic (exact) mass is 979 g/mol. The molecule has 4 aliphatic heterocycles. The third-order valence-corrected chi connectivity index (χ3v) is 18.9. The molecule has 8 aromatic rings. The molecule has 8 aromatic heterocycles. The topological polar surface area (TPSA) is 130 Å². The molecule has 12 heterocycles. The summed E-state index contributed by atoms with van der Waals surface area (Å²) in [6, 6.07) is 9.16. The van der Waals surface area contributed by atoms with Crippen LogP contribution < -0.4 is 4.57 Å². The lowest BCUT2D eigenvalue weighted by molar-refractivity contribution is -0.692. The zero-order valence-corrected chi connectivity index (χ0v) is 43.4. The minimum atomic E-state index is -0.120. The second kappa shape index (κ2) is 18.0. The highest BCUT2D eigenvalue weighted by atomic mass is 32.1. The molecule has 14 nitrogen and oxygen atoms in total. The summed E-state index contributed by atoms with van der Waals surface area (Å²) in [5.41, 5.74) is 14.0. The van der Waals surface area contributed by atoms with Gasteiger partial charge < -0.3 is 24.7 Å². The molecule has 0 aromatic carbocycles. The lowest BCUT2D eigenvalue weighted by Crippen LogP contribution is -2.52. The van der Waals surface area contributed by atoms with Crippen molar-refractivity contribution in [3.8, 4) is 22.5 Å². The lowest BCUT2D eigenvalue weighted by Gasteiger charge is -2.35. The highest BCUT2D eigenvalue weighted by molar-refractivity contribution is 7.19. The number of aromatic nitrogens is 8. The summed E-state index contributed by atoms with van der Waals surface area (Å²) < 4.78 is 8.83. The molecule has 0 aliphatic carbocycles. The number of fused-ring (bicyclic) bond motifs is 4. The second-order valence-corrected chi connectivity index (χ2v) is 23.9. The van der Waals surface area contributed by atoms with E-state index < -0.39 is 0 Å². The van der Waals surface area contributed by atoms with Crippen molar-refractivity contribution in [2.24, 2.45) is 5.92 Å². The van der Waals surface area contributed by atoms with Crippen LogP contribution in [0.1, 0.15) is 128 Å². The first-order valence-corrected chi connectivity index (χ1v) is 27.5. The van der Waals surface area contributed by atoms with Crippen LogP contribution in [0.2, 0.25) is 0 Å². The van der Waals surface area contributed by atoms with Gasteiger partial charge >= 0.3 is 0 Å².